The van der Waals surface area contributed by atoms with Crippen molar-refractivity contribution < 1.29 is 36.2 Å². The van der Waals surface area contributed by atoms with Gasteiger partial charge in [-0.05, 0) is 28.8 Å². The molecular weight excluding hydrogens is 424 g/mol. The Labute approximate surface area is 173 Å². The van der Waals surface area contributed by atoms with Gasteiger partial charge in [-0.3, -0.25) is 0 Å². The fraction of sp³-hybridized carbons (Fsp3) is 0.227. The van der Waals surface area contributed by atoms with E-state index in [0.717, 1.165) is 24.3 Å². The normalized spacial score (nSPS) is 11.9. The van der Waals surface area contributed by atoms with E-state index in [0.29, 0.717) is 5.56 Å². The molecule has 164 valence electrons. The van der Waals surface area contributed by atoms with Crippen LogP contribution in [0.3, 0.4) is 0 Å². The van der Waals surface area contributed by atoms with E-state index >= 15 is 0 Å². The zero-order chi connectivity index (χ0) is 22.6. The fourth-order valence-corrected chi connectivity index (χ4v) is 3.21. The first-order chi connectivity index (χ1) is 14.7. The molecule has 0 aliphatic rings. The van der Waals surface area contributed by atoms with Gasteiger partial charge in [0.15, 0.2) is 5.69 Å². The second kappa shape index (κ2) is 9.49. The molecule has 0 unspecified atom stereocenters. The van der Waals surface area contributed by atoms with Gasteiger partial charge < -0.3 is 9.84 Å². The van der Waals surface area contributed by atoms with E-state index in [-0.39, 0.29) is 17.7 Å². The number of halogens is 6. The number of aromatic nitrogens is 1. The minimum absolute atomic E-state index is 0.0264. The summed E-state index contributed by atoms with van der Waals surface area (Å²) in [7, 11) is 0. The maximum absolute atomic E-state index is 13.8. The second-order valence-electron chi connectivity index (χ2n) is 6.62. The number of pyridine rings is 1. The SMILES string of the molecule is OCc1c(C(F)F)nc(C(F)(F)F)c(COCc2ccccc2)c1-c1ccc(F)cc1. The number of ether oxygens (including phenoxy) is 1. The highest BCUT2D eigenvalue weighted by Gasteiger charge is 2.39. The smallest absolute Gasteiger partial charge is 0.392 e. The van der Waals surface area contributed by atoms with Gasteiger partial charge in [-0.25, -0.2) is 18.2 Å². The van der Waals surface area contributed by atoms with Crippen LogP contribution in [0, 0.1) is 5.82 Å². The zero-order valence-corrected chi connectivity index (χ0v) is 16.0. The summed E-state index contributed by atoms with van der Waals surface area (Å²) in [6, 6.07) is 12.9. The van der Waals surface area contributed by atoms with Gasteiger partial charge in [0, 0.05) is 11.1 Å². The minimum atomic E-state index is -5.06. The predicted octanol–water partition coefficient (Wildman–Crippen LogP) is 6.05. The Morgan fingerprint density at radius 1 is 0.903 bits per heavy atom. The molecule has 0 saturated carbocycles. The quantitative estimate of drug-likeness (QED) is 0.454. The van der Waals surface area contributed by atoms with Crippen LogP contribution in [-0.4, -0.2) is 10.1 Å². The Morgan fingerprint density at radius 2 is 1.55 bits per heavy atom. The molecule has 3 aromatic rings. The van der Waals surface area contributed by atoms with Crippen molar-refractivity contribution in [3.8, 4) is 11.1 Å². The molecule has 0 amide bonds. The lowest BCUT2D eigenvalue weighted by Crippen LogP contribution is -2.18. The Kier molecular flexibility index (Phi) is 6.97. The van der Waals surface area contributed by atoms with Gasteiger partial charge in [0.25, 0.3) is 6.43 Å². The molecule has 0 radical (unpaired) electrons. The number of hydrogen-bond acceptors (Lipinski definition) is 3. The molecule has 31 heavy (non-hydrogen) atoms. The fourth-order valence-electron chi connectivity index (χ4n) is 3.21. The number of alkyl halides is 5. The third kappa shape index (κ3) is 5.23. The van der Waals surface area contributed by atoms with Gasteiger partial charge in [0.2, 0.25) is 0 Å². The summed E-state index contributed by atoms with van der Waals surface area (Å²) in [5.74, 6) is -0.657. The molecule has 0 spiro atoms. The molecule has 0 bridgehead atoms. The second-order valence-corrected chi connectivity index (χ2v) is 6.62. The van der Waals surface area contributed by atoms with E-state index in [2.05, 4.69) is 4.98 Å². The Morgan fingerprint density at radius 3 is 2.10 bits per heavy atom. The monoisotopic (exact) mass is 441 g/mol. The lowest BCUT2D eigenvalue weighted by atomic mass is 9.92. The van der Waals surface area contributed by atoms with Crippen LogP contribution in [0.5, 0.6) is 0 Å². The minimum Gasteiger partial charge on any atom is -0.392 e. The van der Waals surface area contributed by atoms with Crippen molar-refractivity contribution in [2.45, 2.75) is 32.4 Å². The molecule has 0 aliphatic heterocycles. The zero-order valence-electron chi connectivity index (χ0n) is 16.0. The van der Waals surface area contributed by atoms with Crippen LogP contribution < -0.4 is 0 Å². The average molecular weight is 441 g/mol. The summed E-state index contributed by atoms with van der Waals surface area (Å²) >= 11 is 0. The maximum Gasteiger partial charge on any atom is 0.433 e. The summed E-state index contributed by atoms with van der Waals surface area (Å²) in [6.45, 7) is -1.63. The molecule has 3 nitrogen and oxygen atoms in total. The van der Waals surface area contributed by atoms with Gasteiger partial charge in [0.1, 0.15) is 11.5 Å². The highest BCUT2D eigenvalue weighted by Crippen LogP contribution is 2.41. The van der Waals surface area contributed by atoms with Crippen molar-refractivity contribution in [3.63, 3.8) is 0 Å². The average Bonchev–Trinajstić information content (AvgIpc) is 2.73. The highest BCUT2D eigenvalue weighted by atomic mass is 19.4. The lowest BCUT2D eigenvalue weighted by molar-refractivity contribution is -0.142. The van der Waals surface area contributed by atoms with Crippen molar-refractivity contribution in [1.82, 2.24) is 4.98 Å². The molecule has 3 rings (SSSR count). The van der Waals surface area contributed by atoms with Crippen molar-refractivity contribution >= 4 is 0 Å². The summed E-state index contributed by atoms with van der Waals surface area (Å²) in [6.07, 6.45) is -8.42. The van der Waals surface area contributed by atoms with Gasteiger partial charge in [-0.1, -0.05) is 42.5 Å². The van der Waals surface area contributed by atoms with Crippen LogP contribution in [0.4, 0.5) is 26.3 Å². The molecular formula is C22H17F6NO2. The van der Waals surface area contributed by atoms with E-state index in [4.69, 9.17) is 4.74 Å². The molecule has 0 aliphatic carbocycles. The van der Waals surface area contributed by atoms with Crippen molar-refractivity contribution in [1.29, 1.82) is 0 Å². The summed E-state index contributed by atoms with van der Waals surface area (Å²) in [5, 5.41) is 9.72. The number of aliphatic hydroxyl groups excluding tert-OH is 1. The first-order valence-electron chi connectivity index (χ1n) is 9.11. The molecule has 1 N–H and O–H groups in total. The number of hydrogen-bond donors (Lipinski definition) is 1. The van der Waals surface area contributed by atoms with E-state index in [1.54, 1.807) is 30.3 Å². The van der Waals surface area contributed by atoms with Gasteiger partial charge in [0.05, 0.1) is 19.8 Å². The van der Waals surface area contributed by atoms with E-state index in [1.165, 1.54) is 0 Å². The van der Waals surface area contributed by atoms with Crippen LogP contribution in [0.25, 0.3) is 11.1 Å². The van der Waals surface area contributed by atoms with Crippen molar-refractivity contribution in [2.24, 2.45) is 0 Å². The molecule has 2 aromatic carbocycles. The molecule has 9 heteroatoms. The molecule has 0 saturated heterocycles. The summed E-state index contributed by atoms with van der Waals surface area (Å²) in [4.78, 5) is 3.15. The largest absolute Gasteiger partial charge is 0.433 e. The Bertz CT molecular complexity index is 1020. The predicted molar refractivity (Wildman–Crippen MR) is 100 cm³/mol. The Hall–Kier alpha value is -2.91. The number of nitrogens with zero attached hydrogens (tertiary/aromatic N) is 1. The van der Waals surface area contributed by atoms with E-state index in [9.17, 15) is 31.4 Å². The Balaban J connectivity index is 2.17. The summed E-state index contributed by atoms with van der Waals surface area (Å²) in [5.41, 5.74) is -3.27. The first-order valence-corrected chi connectivity index (χ1v) is 9.11. The van der Waals surface area contributed by atoms with Gasteiger partial charge in [-0.15, -0.1) is 0 Å². The lowest BCUT2D eigenvalue weighted by Gasteiger charge is -2.22. The third-order valence-electron chi connectivity index (χ3n) is 4.56. The van der Waals surface area contributed by atoms with E-state index < -0.39 is 54.1 Å². The van der Waals surface area contributed by atoms with E-state index in [1.807, 2.05) is 0 Å². The first kappa shape index (κ1) is 22.8. The van der Waals surface area contributed by atoms with Gasteiger partial charge >= 0.3 is 6.18 Å². The van der Waals surface area contributed by atoms with Gasteiger partial charge in [-0.2, -0.15) is 13.2 Å². The van der Waals surface area contributed by atoms with Crippen LogP contribution >= 0.6 is 0 Å². The van der Waals surface area contributed by atoms with Crippen LogP contribution in [0.15, 0.2) is 54.6 Å². The summed E-state index contributed by atoms with van der Waals surface area (Å²) < 4.78 is 87.1. The number of aliphatic hydroxyl groups is 1. The molecule has 1 heterocycles. The van der Waals surface area contributed by atoms with Crippen LogP contribution in [-0.2, 0) is 30.7 Å². The number of benzene rings is 2. The topological polar surface area (TPSA) is 42.4 Å². The highest BCUT2D eigenvalue weighted by molar-refractivity contribution is 5.73. The number of rotatable bonds is 7. The van der Waals surface area contributed by atoms with Crippen LogP contribution in [0.2, 0.25) is 0 Å². The molecule has 1 aromatic heterocycles. The molecule has 0 fully saturated rings. The van der Waals surface area contributed by atoms with Crippen LogP contribution in [0.1, 0.15) is 34.5 Å². The van der Waals surface area contributed by atoms with Crippen molar-refractivity contribution in [2.75, 3.05) is 0 Å². The standard InChI is InChI=1S/C22H17F6NO2/c23-15-8-6-14(7-9-15)18-16(10-30)19(21(24)25)29-20(22(26,27)28)17(18)12-31-11-13-4-2-1-3-5-13/h1-9,21,30H,10-12H2. The third-order valence-corrected chi connectivity index (χ3v) is 4.56. The molecule has 0 atom stereocenters. The maximum atomic E-state index is 13.8. The van der Waals surface area contributed by atoms with Crippen molar-refractivity contribution in [3.05, 3.63) is 88.5 Å².